The minimum Gasteiger partial charge on any atom is -0.459 e. The molecule has 1 fully saturated rings. The topological polar surface area (TPSA) is 47.6 Å². The molecule has 3 nitrogen and oxygen atoms in total. The highest BCUT2D eigenvalue weighted by molar-refractivity contribution is 6.30. The average Bonchev–Trinajstić information content (AvgIpc) is 2.91. The summed E-state index contributed by atoms with van der Waals surface area (Å²) in [6.45, 7) is 0. The standard InChI is InChI=1S/C19H18ClFN2O/c20-15-9-13(10-16(21)11-15)12-4-3-5-14(8-12)19-7-2-1-6-17(19)24-18(22)23-19/h3-5,8-11,17H,1-2,6-7H2,(H2,22,23)/t17-,19-/m1/s1. The van der Waals surface area contributed by atoms with Crippen molar-refractivity contribution in [3.05, 3.63) is 58.9 Å². The van der Waals surface area contributed by atoms with Crippen LogP contribution in [0.4, 0.5) is 4.39 Å². The van der Waals surface area contributed by atoms with Crippen molar-refractivity contribution in [3.63, 3.8) is 0 Å². The fourth-order valence-electron chi connectivity index (χ4n) is 3.86. The van der Waals surface area contributed by atoms with Crippen LogP contribution in [-0.2, 0) is 10.3 Å². The Kier molecular flexibility index (Phi) is 3.72. The van der Waals surface area contributed by atoms with Crippen LogP contribution in [0.1, 0.15) is 31.2 Å². The number of aliphatic imine (C=N–C) groups is 1. The van der Waals surface area contributed by atoms with Crippen molar-refractivity contribution in [2.45, 2.75) is 37.3 Å². The van der Waals surface area contributed by atoms with Crippen molar-refractivity contribution in [2.24, 2.45) is 10.7 Å². The predicted octanol–water partition coefficient (Wildman–Crippen LogP) is 4.63. The van der Waals surface area contributed by atoms with E-state index in [9.17, 15) is 4.39 Å². The molecule has 24 heavy (non-hydrogen) atoms. The molecule has 2 N–H and O–H groups in total. The van der Waals surface area contributed by atoms with E-state index >= 15 is 0 Å². The Bertz CT molecular complexity index is 803. The van der Waals surface area contributed by atoms with Gasteiger partial charge in [-0.1, -0.05) is 36.2 Å². The summed E-state index contributed by atoms with van der Waals surface area (Å²) >= 11 is 6.00. The first-order valence-corrected chi connectivity index (χ1v) is 8.54. The number of rotatable bonds is 2. The van der Waals surface area contributed by atoms with Gasteiger partial charge in [0, 0.05) is 5.02 Å². The zero-order chi connectivity index (χ0) is 16.7. The van der Waals surface area contributed by atoms with Gasteiger partial charge in [-0.05, 0) is 60.2 Å². The first-order valence-electron chi connectivity index (χ1n) is 8.16. The zero-order valence-corrected chi connectivity index (χ0v) is 13.9. The maximum absolute atomic E-state index is 13.7. The molecule has 1 saturated carbocycles. The summed E-state index contributed by atoms with van der Waals surface area (Å²) in [6, 6.07) is 12.8. The fraction of sp³-hybridized carbons (Fsp3) is 0.316. The molecule has 0 radical (unpaired) electrons. The third-order valence-electron chi connectivity index (χ3n) is 4.94. The molecule has 1 aliphatic carbocycles. The van der Waals surface area contributed by atoms with Crippen LogP contribution in [0.25, 0.3) is 11.1 Å². The number of ether oxygens (including phenoxy) is 1. The summed E-state index contributed by atoms with van der Waals surface area (Å²) in [6.07, 6.45) is 4.05. The van der Waals surface area contributed by atoms with Crippen LogP contribution in [0.15, 0.2) is 47.5 Å². The maximum Gasteiger partial charge on any atom is 0.283 e. The molecule has 2 atom stereocenters. The van der Waals surface area contributed by atoms with Crippen LogP contribution in [0.5, 0.6) is 0 Å². The normalized spacial score (nSPS) is 25.8. The first kappa shape index (κ1) is 15.5. The molecule has 1 aliphatic heterocycles. The van der Waals surface area contributed by atoms with Crippen LogP contribution in [0.2, 0.25) is 5.02 Å². The molecule has 4 rings (SSSR count). The van der Waals surface area contributed by atoms with Gasteiger partial charge in [-0.3, -0.25) is 0 Å². The van der Waals surface area contributed by atoms with Crippen molar-refractivity contribution in [3.8, 4) is 11.1 Å². The van der Waals surface area contributed by atoms with Gasteiger partial charge < -0.3 is 10.5 Å². The van der Waals surface area contributed by atoms with Crippen LogP contribution in [0, 0.1) is 5.82 Å². The van der Waals surface area contributed by atoms with E-state index in [1.54, 1.807) is 6.07 Å². The number of nitrogens with zero attached hydrogens (tertiary/aromatic N) is 1. The van der Waals surface area contributed by atoms with E-state index in [-0.39, 0.29) is 17.9 Å². The first-order chi connectivity index (χ1) is 11.6. The zero-order valence-electron chi connectivity index (χ0n) is 13.1. The number of hydrogen-bond acceptors (Lipinski definition) is 3. The molecule has 2 aromatic rings. The van der Waals surface area contributed by atoms with Gasteiger partial charge in [-0.15, -0.1) is 0 Å². The Hall–Kier alpha value is -2.07. The summed E-state index contributed by atoms with van der Waals surface area (Å²) < 4.78 is 19.4. The molecular formula is C19H18ClFN2O. The Labute approximate surface area is 145 Å². The molecule has 0 amide bonds. The number of halogens is 2. The van der Waals surface area contributed by atoms with E-state index in [4.69, 9.17) is 22.1 Å². The number of hydrogen-bond donors (Lipinski definition) is 1. The molecule has 0 spiro atoms. The quantitative estimate of drug-likeness (QED) is 0.863. The number of amidine groups is 1. The van der Waals surface area contributed by atoms with Crippen molar-refractivity contribution < 1.29 is 9.13 Å². The Morgan fingerprint density at radius 2 is 2.04 bits per heavy atom. The summed E-state index contributed by atoms with van der Waals surface area (Å²) in [7, 11) is 0. The summed E-state index contributed by atoms with van der Waals surface area (Å²) in [5.41, 5.74) is 8.17. The van der Waals surface area contributed by atoms with E-state index in [0.717, 1.165) is 42.4 Å². The molecule has 0 saturated heterocycles. The summed E-state index contributed by atoms with van der Waals surface area (Å²) in [4.78, 5) is 4.65. The summed E-state index contributed by atoms with van der Waals surface area (Å²) in [5.74, 6) is -0.344. The molecule has 5 heteroatoms. The van der Waals surface area contributed by atoms with Gasteiger partial charge in [0.15, 0.2) is 0 Å². The van der Waals surface area contributed by atoms with E-state index < -0.39 is 5.54 Å². The average molecular weight is 345 g/mol. The van der Waals surface area contributed by atoms with Crippen molar-refractivity contribution in [1.82, 2.24) is 0 Å². The summed E-state index contributed by atoms with van der Waals surface area (Å²) in [5, 5.41) is 0.385. The fourth-order valence-corrected chi connectivity index (χ4v) is 4.08. The Balaban J connectivity index is 1.80. The lowest BCUT2D eigenvalue weighted by Crippen LogP contribution is -2.38. The maximum atomic E-state index is 13.7. The number of fused-ring (bicyclic) bond motifs is 1. The largest absolute Gasteiger partial charge is 0.459 e. The highest BCUT2D eigenvalue weighted by Crippen LogP contribution is 2.46. The van der Waals surface area contributed by atoms with Gasteiger partial charge in [0.2, 0.25) is 0 Å². The smallest absolute Gasteiger partial charge is 0.283 e. The molecule has 124 valence electrons. The van der Waals surface area contributed by atoms with Gasteiger partial charge >= 0.3 is 0 Å². The van der Waals surface area contributed by atoms with Crippen molar-refractivity contribution >= 4 is 17.6 Å². The molecule has 1 heterocycles. The van der Waals surface area contributed by atoms with Crippen molar-refractivity contribution in [1.29, 1.82) is 0 Å². The number of benzene rings is 2. The van der Waals surface area contributed by atoms with Crippen LogP contribution < -0.4 is 5.73 Å². The third-order valence-corrected chi connectivity index (χ3v) is 5.16. The molecule has 0 bridgehead atoms. The monoisotopic (exact) mass is 344 g/mol. The lowest BCUT2D eigenvalue weighted by Gasteiger charge is -2.35. The van der Waals surface area contributed by atoms with Gasteiger partial charge in [0.25, 0.3) is 6.02 Å². The van der Waals surface area contributed by atoms with E-state index in [1.807, 2.05) is 18.2 Å². The minimum absolute atomic E-state index is 0.0161. The van der Waals surface area contributed by atoms with Gasteiger partial charge in [0.1, 0.15) is 17.5 Å². The SMILES string of the molecule is NC1=N[C@@]2(c3cccc(-c4cc(F)cc(Cl)c4)c3)CCCC[C@H]2O1. The minimum atomic E-state index is -0.421. The molecule has 0 unspecified atom stereocenters. The Morgan fingerprint density at radius 1 is 1.17 bits per heavy atom. The lowest BCUT2D eigenvalue weighted by atomic mass is 9.74. The second-order valence-corrected chi connectivity index (χ2v) is 6.90. The van der Waals surface area contributed by atoms with Crippen LogP contribution in [-0.4, -0.2) is 12.1 Å². The lowest BCUT2D eigenvalue weighted by molar-refractivity contribution is 0.0907. The second-order valence-electron chi connectivity index (χ2n) is 6.47. The van der Waals surface area contributed by atoms with E-state index in [1.165, 1.54) is 12.1 Å². The number of nitrogens with two attached hydrogens (primary N) is 1. The van der Waals surface area contributed by atoms with E-state index in [2.05, 4.69) is 11.1 Å². The second kappa shape index (κ2) is 5.78. The predicted molar refractivity (Wildman–Crippen MR) is 93.5 cm³/mol. The third kappa shape index (κ3) is 2.55. The highest BCUT2D eigenvalue weighted by atomic mass is 35.5. The molecule has 2 aromatic carbocycles. The van der Waals surface area contributed by atoms with Gasteiger partial charge in [-0.2, -0.15) is 0 Å². The molecule has 0 aromatic heterocycles. The molecular weight excluding hydrogens is 327 g/mol. The van der Waals surface area contributed by atoms with Crippen molar-refractivity contribution in [2.75, 3.05) is 0 Å². The van der Waals surface area contributed by atoms with Gasteiger partial charge in [-0.25, -0.2) is 9.38 Å². The van der Waals surface area contributed by atoms with Crippen LogP contribution >= 0.6 is 11.6 Å². The van der Waals surface area contributed by atoms with Crippen LogP contribution in [0.3, 0.4) is 0 Å². The highest BCUT2D eigenvalue weighted by Gasteiger charge is 2.48. The Morgan fingerprint density at radius 3 is 2.88 bits per heavy atom. The van der Waals surface area contributed by atoms with E-state index in [0.29, 0.717) is 5.02 Å². The van der Waals surface area contributed by atoms with Gasteiger partial charge in [0.05, 0.1) is 0 Å². The molecule has 2 aliphatic rings.